The number of aliphatic hydroxyl groups excluding tert-OH is 1. The highest BCUT2D eigenvalue weighted by Gasteiger charge is 2.19. The zero-order chi connectivity index (χ0) is 10.8. The van der Waals surface area contributed by atoms with Crippen LogP contribution in [0.25, 0.3) is 0 Å². The minimum Gasteiger partial charge on any atom is -0.508 e. The number of benzene rings is 1. The molecule has 1 rings (SSSR count). The van der Waals surface area contributed by atoms with Crippen LogP contribution < -0.4 is 0 Å². The Hall–Kier alpha value is -1.22. The maximum Gasteiger partial charge on any atom is 0.119 e. The number of hydrogen-bond acceptors (Lipinski definition) is 3. The van der Waals surface area contributed by atoms with E-state index < -0.39 is 0 Å². The number of aromatic hydroxyl groups is 2. The molecule has 0 atom stereocenters. The van der Waals surface area contributed by atoms with Gasteiger partial charge in [0, 0.05) is 6.61 Å². The highest BCUT2D eigenvalue weighted by molar-refractivity contribution is 5.39. The van der Waals surface area contributed by atoms with Crippen molar-refractivity contribution >= 4 is 0 Å². The summed E-state index contributed by atoms with van der Waals surface area (Å²) in [6.07, 6.45) is 0.531. The van der Waals surface area contributed by atoms with Crippen LogP contribution in [0.15, 0.2) is 18.2 Å². The molecule has 14 heavy (non-hydrogen) atoms. The van der Waals surface area contributed by atoms with E-state index in [0.717, 1.165) is 0 Å². The summed E-state index contributed by atoms with van der Waals surface area (Å²) in [6.45, 7) is 3.84. The van der Waals surface area contributed by atoms with E-state index in [1.165, 1.54) is 18.2 Å². The molecule has 0 aliphatic heterocycles. The highest BCUT2D eigenvalue weighted by Crippen LogP contribution is 2.29. The van der Waals surface area contributed by atoms with Gasteiger partial charge in [0.2, 0.25) is 0 Å². The van der Waals surface area contributed by atoms with Gasteiger partial charge < -0.3 is 15.3 Å². The first-order valence-electron chi connectivity index (χ1n) is 4.56. The summed E-state index contributed by atoms with van der Waals surface area (Å²) in [5.74, 6) is 0.288. The van der Waals surface area contributed by atoms with Crippen LogP contribution in [0.3, 0.4) is 0 Å². The lowest BCUT2D eigenvalue weighted by molar-refractivity contribution is 0.159. The molecule has 1 aromatic rings. The standard InChI is InChI=1S/C11H16O3/c1-11(2,7-12)6-8-5-9(13)3-4-10(8)14/h3-5,12-14H,6-7H2,1-2H3. The summed E-state index contributed by atoms with van der Waals surface area (Å²) in [6, 6.07) is 4.41. The molecule has 0 bridgehead atoms. The molecule has 3 heteroatoms. The van der Waals surface area contributed by atoms with Gasteiger partial charge in [-0.1, -0.05) is 13.8 Å². The summed E-state index contributed by atoms with van der Waals surface area (Å²) in [7, 11) is 0. The summed E-state index contributed by atoms with van der Waals surface area (Å²) in [5.41, 5.74) is 0.370. The quantitative estimate of drug-likeness (QED) is 0.644. The minimum atomic E-state index is -0.286. The van der Waals surface area contributed by atoms with Gasteiger partial charge in [-0.15, -0.1) is 0 Å². The molecule has 0 saturated carbocycles. The van der Waals surface area contributed by atoms with Crippen LogP contribution in [0.4, 0.5) is 0 Å². The average Bonchev–Trinajstić information content (AvgIpc) is 2.11. The van der Waals surface area contributed by atoms with E-state index in [0.29, 0.717) is 12.0 Å². The Labute approximate surface area is 83.6 Å². The molecule has 1 aromatic carbocycles. The van der Waals surface area contributed by atoms with E-state index >= 15 is 0 Å². The van der Waals surface area contributed by atoms with E-state index in [2.05, 4.69) is 0 Å². The molecule has 0 spiro atoms. The number of phenolic OH excluding ortho intramolecular Hbond substituents is 2. The van der Waals surface area contributed by atoms with Crippen molar-refractivity contribution < 1.29 is 15.3 Å². The molecule has 0 aliphatic carbocycles. The lowest BCUT2D eigenvalue weighted by Gasteiger charge is -2.21. The molecule has 0 aliphatic rings. The molecule has 0 fully saturated rings. The van der Waals surface area contributed by atoms with Gasteiger partial charge in [0.1, 0.15) is 11.5 Å². The first kappa shape index (κ1) is 10.9. The second-order valence-electron chi connectivity index (χ2n) is 4.31. The lowest BCUT2D eigenvalue weighted by atomic mass is 9.86. The van der Waals surface area contributed by atoms with Gasteiger partial charge in [-0.25, -0.2) is 0 Å². The maximum atomic E-state index is 9.50. The molecule has 0 unspecified atom stereocenters. The van der Waals surface area contributed by atoms with Crippen LogP contribution in [0, 0.1) is 5.41 Å². The van der Waals surface area contributed by atoms with E-state index in [9.17, 15) is 10.2 Å². The lowest BCUT2D eigenvalue weighted by Crippen LogP contribution is -2.19. The van der Waals surface area contributed by atoms with Crippen molar-refractivity contribution in [3.63, 3.8) is 0 Å². The third-order valence-corrected chi connectivity index (χ3v) is 2.16. The largest absolute Gasteiger partial charge is 0.508 e. The summed E-state index contributed by atoms with van der Waals surface area (Å²) < 4.78 is 0. The van der Waals surface area contributed by atoms with E-state index in [1.54, 1.807) is 0 Å². The summed E-state index contributed by atoms with van der Waals surface area (Å²) >= 11 is 0. The maximum absolute atomic E-state index is 9.50. The normalized spacial score (nSPS) is 11.6. The van der Waals surface area contributed by atoms with Gasteiger partial charge >= 0.3 is 0 Å². The molecule has 3 N–H and O–H groups in total. The monoisotopic (exact) mass is 196 g/mol. The zero-order valence-electron chi connectivity index (χ0n) is 8.49. The smallest absolute Gasteiger partial charge is 0.119 e. The predicted molar refractivity (Wildman–Crippen MR) is 54.3 cm³/mol. The molecule has 0 saturated heterocycles. The van der Waals surface area contributed by atoms with E-state index in [-0.39, 0.29) is 23.5 Å². The van der Waals surface area contributed by atoms with Crippen LogP contribution in [0.2, 0.25) is 0 Å². The Morgan fingerprint density at radius 2 is 1.86 bits per heavy atom. The number of rotatable bonds is 3. The van der Waals surface area contributed by atoms with Crippen LogP contribution in [0.5, 0.6) is 11.5 Å². The second kappa shape index (κ2) is 3.88. The predicted octanol–water partition coefficient (Wildman–Crippen LogP) is 1.66. The summed E-state index contributed by atoms with van der Waals surface area (Å²) in [5, 5.41) is 27.8. The Morgan fingerprint density at radius 1 is 1.21 bits per heavy atom. The van der Waals surface area contributed by atoms with Crippen molar-refractivity contribution in [3.8, 4) is 11.5 Å². The molecule has 0 heterocycles. The topological polar surface area (TPSA) is 60.7 Å². The van der Waals surface area contributed by atoms with Gasteiger partial charge in [-0.3, -0.25) is 0 Å². The summed E-state index contributed by atoms with van der Waals surface area (Å²) in [4.78, 5) is 0. The van der Waals surface area contributed by atoms with Gasteiger partial charge in [-0.05, 0) is 35.6 Å². The third-order valence-electron chi connectivity index (χ3n) is 2.16. The van der Waals surface area contributed by atoms with Crippen LogP contribution >= 0.6 is 0 Å². The molecule has 0 aromatic heterocycles. The SMILES string of the molecule is CC(C)(CO)Cc1cc(O)ccc1O. The number of aliphatic hydroxyl groups is 1. The van der Waals surface area contributed by atoms with Gasteiger partial charge in [0.05, 0.1) is 0 Å². The van der Waals surface area contributed by atoms with Crippen LogP contribution in [-0.4, -0.2) is 21.9 Å². The van der Waals surface area contributed by atoms with Crippen LogP contribution in [0.1, 0.15) is 19.4 Å². The van der Waals surface area contributed by atoms with Crippen molar-refractivity contribution in [2.45, 2.75) is 20.3 Å². The molecule has 3 nitrogen and oxygen atoms in total. The fourth-order valence-corrected chi connectivity index (χ4v) is 1.28. The van der Waals surface area contributed by atoms with Gasteiger partial charge in [0.25, 0.3) is 0 Å². The first-order chi connectivity index (χ1) is 6.44. The van der Waals surface area contributed by atoms with E-state index in [1.807, 2.05) is 13.8 Å². The van der Waals surface area contributed by atoms with Crippen molar-refractivity contribution in [1.82, 2.24) is 0 Å². The second-order valence-corrected chi connectivity index (χ2v) is 4.31. The molecule has 0 amide bonds. The number of hydrogen-bond donors (Lipinski definition) is 3. The average molecular weight is 196 g/mol. The van der Waals surface area contributed by atoms with Gasteiger partial charge in [0.15, 0.2) is 0 Å². The molecular formula is C11H16O3. The van der Waals surface area contributed by atoms with Crippen molar-refractivity contribution in [2.24, 2.45) is 5.41 Å². The van der Waals surface area contributed by atoms with Crippen LogP contribution in [-0.2, 0) is 6.42 Å². The zero-order valence-corrected chi connectivity index (χ0v) is 8.49. The van der Waals surface area contributed by atoms with E-state index in [4.69, 9.17) is 5.11 Å². The molecule has 78 valence electrons. The fourth-order valence-electron chi connectivity index (χ4n) is 1.28. The van der Waals surface area contributed by atoms with Crippen molar-refractivity contribution in [1.29, 1.82) is 0 Å². The number of phenols is 2. The first-order valence-corrected chi connectivity index (χ1v) is 4.56. The fraction of sp³-hybridized carbons (Fsp3) is 0.455. The Balaban J connectivity index is 2.91. The Bertz CT molecular complexity index is 318. The molecule has 0 radical (unpaired) electrons. The highest BCUT2D eigenvalue weighted by atomic mass is 16.3. The van der Waals surface area contributed by atoms with Crippen molar-refractivity contribution in [3.05, 3.63) is 23.8 Å². The van der Waals surface area contributed by atoms with Crippen molar-refractivity contribution in [2.75, 3.05) is 6.61 Å². The Kier molecular flexibility index (Phi) is 3.01. The molecular weight excluding hydrogens is 180 g/mol. The third kappa shape index (κ3) is 2.64. The Morgan fingerprint density at radius 3 is 2.43 bits per heavy atom. The minimum absolute atomic E-state index is 0.0437. The van der Waals surface area contributed by atoms with Gasteiger partial charge in [-0.2, -0.15) is 0 Å².